The minimum Gasteiger partial charge on any atom is -0.543 e. The average Bonchev–Trinajstić information content (AvgIpc) is 2.74. The molecule has 2 aromatic carbocycles. The maximum atomic E-state index is 10.2. The molecular formula is C31H50O2Si. The molecule has 0 radical (unpaired) electrons. The molecule has 34 heavy (non-hydrogen) atoms. The van der Waals surface area contributed by atoms with E-state index in [0.29, 0.717) is 0 Å². The van der Waals surface area contributed by atoms with Crippen molar-refractivity contribution < 1.29 is 9.53 Å². The van der Waals surface area contributed by atoms with E-state index in [1.807, 2.05) is 13.8 Å². The van der Waals surface area contributed by atoms with Crippen LogP contribution in [-0.2, 0) is 18.3 Å². The van der Waals surface area contributed by atoms with E-state index in [-0.39, 0.29) is 10.5 Å². The zero-order chi connectivity index (χ0) is 25.9. The highest BCUT2D eigenvalue weighted by Gasteiger charge is 2.39. The van der Waals surface area contributed by atoms with Crippen LogP contribution in [0.4, 0.5) is 0 Å². The van der Waals surface area contributed by atoms with Crippen LogP contribution in [0.15, 0.2) is 36.4 Å². The van der Waals surface area contributed by atoms with Crippen molar-refractivity contribution in [3.8, 4) is 5.75 Å². The summed E-state index contributed by atoms with van der Waals surface area (Å²) in [5.74, 6) is 1.03. The van der Waals surface area contributed by atoms with Crippen LogP contribution in [0.3, 0.4) is 0 Å². The Morgan fingerprint density at radius 3 is 1.85 bits per heavy atom. The Kier molecular flexibility index (Phi) is 8.92. The first kappa shape index (κ1) is 28.7. The van der Waals surface area contributed by atoms with Crippen molar-refractivity contribution in [2.45, 2.75) is 124 Å². The molecule has 2 aromatic rings. The predicted octanol–water partition coefficient (Wildman–Crippen LogP) is 8.75. The van der Waals surface area contributed by atoms with Crippen molar-refractivity contribution in [3.05, 3.63) is 64.2 Å². The highest BCUT2D eigenvalue weighted by Crippen LogP contribution is 2.43. The highest BCUT2D eigenvalue weighted by atomic mass is 28.4. The van der Waals surface area contributed by atoms with E-state index in [1.165, 1.54) is 27.8 Å². The van der Waals surface area contributed by atoms with Gasteiger partial charge >= 0.3 is 0 Å². The summed E-state index contributed by atoms with van der Waals surface area (Å²) in [6.45, 7) is 24.3. The smallest absolute Gasteiger partial charge is 0.250 e. The van der Waals surface area contributed by atoms with Gasteiger partial charge in [-0.15, -0.1) is 0 Å². The lowest BCUT2D eigenvalue weighted by Crippen LogP contribution is -2.44. The van der Waals surface area contributed by atoms with Gasteiger partial charge in [-0.25, -0.2) is 0 Å². The van der Waals surface area contributed by atoms with Gasteiger partial charge in [0.15, 0.2) is 0 Å². The molecule has 0 aromatic heterocycles. The number of hydrogen-bond donors (Lipinski definition) is 1. The minimum absolute atomic E-state index is 0.0149. The van der Waals surface area contributed by atoms with Crippen molar-refractivity contribution in [1.29, 1.82) is 0 Å². The largest absolute Gasteiger partial charge is 0.543 e. The standard InChI is InChI=1S/C31H50O2Si/c1-12-24-22-27(16-15-25(24)19-20-30(8,9)32)31(13-2,14-3)26-17-18-28(23(4)21-26)33-34(10,11)29(5,6)7/h15-18,21-22,32H,12-14,19-20H2,1-11H3. The topological polar surface area (TPSA) is 29.5 Å². The number of benzene rings is 2. The Labute approximate surface area is 211 Å². The lowest BCUT2D eigenvalue weighted by Gasteiger charge is -2.38. The Balaban J connectivity index is 2.47. The number of rotatable bonds is 10. The van der Waals surface area contributed by atoms with Gasteiger partial charge in [0.2, 0.25) is 8.32 Å². The summed E-state index contributed by atoms with van der Waals surface area (Å²) in [6, 6.07) is 14.0. The second kappa shape index (κ2) is 10.6. The van der Waals surface area contributed by atoms with Gasteiger partial charge in [0.05, 0.1) is 5.60 Å². The monoisotopic (exact) mass is 482 g/mol. The molecule has 0 saturated heterocycles. The molecular weight excluding hydrogens is 432 g/mol. The first-order valence-corrected chi connectivity index (χ1v) is 16.2. The molecule has 1 N–H and O–H groups in total. The highest BCUT2D eigenvalue weighted by molar-refractivity contribution is 6.74. The van der Waals surface area contributed by atoms with Gasteiger partial charge in [-0.2, -0.15) is 0 Å². The van der Waals surface area contributed by atoms with Crippen molar-refractivity contribution in [3.63, 3.8) is 0 Å². The summed E-state index contributed by atoms with van der Waals surface area (Å²) in [5.41, 5.74) is 6.13. The average molecular weight is 483 g/mol. The Morgan fingerprint density at radius 2 is 1.38 bits per heavy atom. The van der Waals surface area contributed by atoms with Crippen molar-refractivity contribution in [2.75, 3.05) is 0 Å². The maximum Gasteiger partial charge on any atom is 0.250 e. The molecule has 0 atom stereocenters. The van der Waals surface area contributed by atoms with E-state index in [0.717, 1.165) is 37.9 Å². The van der Waals surface area contributed by atoms with Crippen LogP contribution < -0.4 is 4.43 Å². The molecule has 190 valence electrons. The van der Waals surface area contributed by atoms with Gasteiger partial charge in [-0.1, -0.05) is 71.9 Å². The van der Waals surface area contributed by atoms with Crippen molar-refractivity contribution in [1.82, 2.24) is 0 Å². The molecule has 0 saturated carbocycles. The molecule has 3 heteroatoms. The van der Waals surface area contributed by atoms with Crippen LogP contribution in [0.5, 0.6) is 5.75 Å². The summed E-state index contributed by atoms with van der Waals surface area (Å²) in [7, 11) is -1.88. The lowest BCUT2D eigenvalue weighted by atomic mass is 9.69. The van der Waals surface area contributed by atoms with E-state index in [4.69, 9.17) is 4.43 Å². The van der Waals surface area contributed by atoms with Gasteiger partial charge < -0.3 is 9.53 Å². The van der Waals surface area contributed by atoms with Crippen molar-refractivity contribution in [2.24, 2.45) is 0 Å². The molecule has 2 nitrogen and oxygen atoms in total. The zero-order valence-electron chi connectivity index (χ0n) is 23.9. The third kappa shape index (κ3) is 6.34. The Hall–Kier alpha value is -1.58. The van der Waals surface area contributed by atoms with E-state index < -0.39 is 13.9 Å². The molecule has 0 fully saturated rings. The summed E-state index contributed by atoms with van der Waals surface area (Å²) < 4.78 is 6.66. The van der Waals surface area contributed by atoms with E-state index in [9.17, 15) is 5.11 Å². The predicted molar refractivity (Wildman–Crippen MR) is 151 cm³/mol. The van der Waals surface area contributed by atoms with Gasteiger partial charge in [0, 0.05) is 5.41 Å². The van der Waals surface area contributed by atoms with E-state index >= 15 is 0 Å². The molecule has 0 unspecified atom stereocenters. The summed E-state index contributed by atoms with van der Waals surface area (Å²) in [6.07, 6.45) is 4.81. The molecule has 0 aliphatic heterocycles. The third-order valence-corrected chi connectivity index (χ3v) is 12.6. The molecule has 0 spiro atoms. The Morgan fingerprint density at radius 1 is 0.824 bits per heavy atom. The van der Waals surface area contributed by atoms with Gasteiger partial charge in [-0.3, -0.25) is 0 Å². The third-order valence-electron chi connectivity index (χ3n) is 8.25. The summed E-state index contributed by atoms with van der Waals surface area (Å²) in [5, 5.41) is 10.4. The fourth-order valence-corrected chi connectivity index (χ4v) is 5.74. The van der Waals surface area contributed by atoms with Crippen LogP contribution >= 0.6 is 0 Å². The van der Waals surface area contributed by atoms with Gasteiger partial charge in [0.25, 0.3) is 0 Å². The molecule has 2 rings (SSSR count). The summed E-state index contributed by atoms with van der Waals surface area (Å²) in [4.78, 5) is 0. The Bertz CT molecular complexity index is 956. The molecule has 0 heterocycles. The minimum atomic E-state index is -1.88. The lowest BCUT2D eigenvalue weighted by molar-refractivity contribution is 0.0713. The van der Waals surface area contributed by atoms with E-state index in [2.05, 4.69) is 98.0 Å². The fraction of sp³-hybridized carbons (Fsp3) is 0.613. The second-order valence-electron chi connectivity index (χ2n) is 12.3. The first-order valence-electron chi connectivity index (χ1n) is 13.2. The molecule has 0 bridgehead atoms. The number of aliphatic hydroxyl groups is 1. The second-order valence-corrected chi connectivity index (χ2v) is 17.0. The fourth-order valence-electron chi connectivity index (χ4n) is 4.66. The van der Waals surface area contributed by atoms with Gasteiger partial charge in [0.1, 0.15) is 5.75 Å². The molecule has 0 amide bonds. The van der Waals surface area contributed by atoms with Crippen LogP contribution in [-0.4, -0.2) is 19.0 Å². The number of aryl methyl sites for hydroxylation is 3. The quantitative estimate of drug-likeness (QED) is 0.343. The van der Waals surface area contributed by atoms with E-state index in [1.54, 1.807) is 0 Å². The SMILES string of the molecule is CCc1cc(C(CC)(CC)c2ccc(O[Si](C)(C)C(C)(C)C)c(C)c2)ccc1CCC(C)(C)O. The normalized spacial score (nSPS) is 13.3. The van der Waals surface area contributed by atoms with Gasteiger partial charge in [-0.05, 0) is 105 Å². The molecule has 0 aliphatic rings. The zero-order valence-corrected chi connectivity index (χ0v) is 24.9. The van der Waals surface area contributed by atoms with Crippen LogP contribution in [0.1, 0.15) is 102 Å². The maximum absolute atomic E-state index is 10.2. The van der Waals surface area contributed by atoms with Crippen LogP contribution in [0, 0.1) is 6.92 Å². The van der Waals surface area contributed by atoms with Crippen LogP contribution in [0.25, 0.3) is 0 Å². The molecule has 0 aliphatic carbocycles. The first-order chi connectivity index (χ1) is 15.6. The van der Waals surface area contributed by atoms with Crippen molar-refractivity contribution >= 4 is 8.32 Å². The number of hydrogen-bond acceptors (Lipinski definition) is 2. The van der Waals surface area contributed by atoms with Crippen LogP contribution in [0.2, 0.25) is 18.1 Å². The summed E-state index contributed by atoms with van der Waals surface area (Å²) >= 11 is 0.